The SMILES string of the molecule is C[C@@H]1CNC[C@H]1c1nc2c(cnn2C2CCOCC2)c(=O)[nH]1.[Cl-].[H+]. The Morgan fingerprint density at radius 2 is 2.13 bits per heavy atom. The van der Waals surface area contributed by atoms with Crippen LogP contribution in [0.25, 0.3) is 11.0 Å². The van der Waals surface area contributed by atoms with Gasteiger partial charge >= 0.3 is 1.43 Å². The van der Waals surface area contributed by atoms with Gasteiger partial charge in [-0.25, -0.2) is 9.67 Å². The number of rotatable bonds is 2. The fourth-order valence-corrected chi connectivity index (χ4v) is 3.50. The first kappa shape index (κ1) is 16.4. The van der Waals surface area contributed by atoms with Gasteiger partial charge < -0.3 is 27.4 Å². The van der Waals surface area contributed by atoms with Gasteiger partial charge in [0.15, 0.2) is 5.65 Å². The van der Waals surface area contributed by atoms with Crippen molar-refractivity contribution in [2.45, 2.75) is 31.7 Å². The lowest BCUT2D eigenvalue weighted by Crippen LogP contribution is -3.00. The maximum atomic E-state index is 12.4. The number of nitrogens with one attached hydrogen (secondary N) is 2. The molecular formula is C15H22ClN5O2. The van der Waals surface area contributed by atoms with E-state index in [1.807, 2.05) is 4.68 Å². The number of hydrogen-bond donors (Lipinski definition) is 2. The van der Waals surface area contributed by atoms with E-state index in [0.717, 1.165) is 45.0 Å². The number of nitrogens with zero attached hydrogens (tertiary/aromatic N) is 3. The van der Waals surface area contributed by atoms with Gasteiger partial charge in [-0.1, -0.05) is 6.92 Å². The molecule has 2 atom stereocenters. The molecule has 2 aromatic rings. The Hall–Kier alpha value is -1.44. The highest BCUT2D eigenvalue weighted by Gasteiger charge is 2.28. The highest BCUT2D eigenvalue weighted by atomic mass is 35.5. The first-order valence-electron chi connectivity index (χ1n) is 8.00. The second kappa shape index (κ2) is 6.59. The first-order chi connectivity index (χ1) is 10.7. The van der Waals surface area contributed by atoms with Crippen LogP contribution in [0.5, 0.6) is 0 Å². The van der Waals surface area contributed by atoms with Crippen LogP contribution in [0.4, 0.5) is 0 Å². The molecule has 2 aliphatic heterocycles. The summed E-state index contributed by atoms with van der Waals surface area (Å²) in [5.41, 5.74) is 0.627. The zero-order chi connectivity index (χ0) is 15.1. The lowest BCUT2D eigenvalue weighted by atomic mass is 9.97. The molecule has 2 saturated heterocycles. The molecule has 0 radical (unpaired) electrons. The fourth-order valence-electron chi connectivity index (χ4n) is 3.50. The van der Waals surface area contributed by atoms with Gasteiger partial charge in [0.25, 0.3) is 5.56 Å². The van der Waals surface area contributed by atoms with E-state index < -0.39 is 0 Å². The molecule has 2 aromatic heterocycles. The quantitative estimate of drug-likeness (QED) is 0.655. The molecule has 0 bridgehead atoms. The number of ether oxygens (including phenoxy) is 1. The Morgan fingerprint density at radius 3 is 2.83 bits per heavy atom. The number of aromatic nitrogens is 4. The zero-order valence-electron chi connectivity index (χ0n) is 14.1. The summed E-state index contributed by atoms with van der Waals surface area (Å²) in [5, 5.41) is 8.37. The summed E-state index contributed by atoms with van der Waals surface area (Å²) in [5.74, 6) is 1.51. The molecule has 0 unspecified atom stereocenters. The molecule has 2 N–H and O–H groups in total. The van der Waals surface area contributed by atoms with Crippen LogP contribution in [0.15, 0.2) is 11.0 Å². The molecule has 0 saturated carbocycles. The monoisotopic (exact) mass is 339 g/mol. The number of fused-ring (bicyclic) bond motifs is 1. The number of hydrogen-bond acceptors (Lipinski definition) is 5. The van der Waals surface area contributed by atoms with Crippen molar-refractivity contribution in [3.63, 3.8) is 0 Å². The molecular weight excluding hydrogens is 318 g/mol. The highest BCUT2D eigenvalue weighted by Crippen LogP contribution is 2.27. The lowest BCUT2D eigenvalue weighted by molar-refractivity contribution is -0.00000646. The second-order valence-electron chi connectivity index (χ2n) is 6.36. The predicted octanol–water partition coefficient (Wildman–Crippen LogP) is -2.09. The summed E-state index contributed by atoms with van der Waals surface area (Å²) in [7, 11) is 0. The maximum Gasteiger partial charge on any atom is 1.00 e. The predicted molar refractivity (Wildman–Crippen MR) is 83.1 cm³/mol. The van der Waals surface area contributed by atoms with Crippen LogP contribution in [0.3, 0.4) is 0 Å². The summed E-state index contributed by atoms with van der Waals surface area (Å²) < 4.78 is 7.34. The van der Waals surface area contributed by atoms with Gasteiger partial charge in [-0.05, 0) is 25.3 Å². The zero-order valence-corrected chi connectivity index (χ0v) is 13.8. The van der Waals surface area contributed by atoms with E-state index in [1.54, 1.807) is 6.20 Å². The molecule has 4 rings (SSSR count). The summed E-state index contributed by atoms with van der Waals surface area (Å²) in [6, 6.07) is 0.271. The van der Waals surface area contributed by atoms with Crippen LogP contribution in [0.1, 0.15) is 39.0 Å². The Morgan fingerprint density at radius 1 is 1.35 bits per heavy atom. The molecule has 4 heterocycles. The van der Waals surface area contributed by atoms with Gasteiger partial charge in [-0.3, -0.25) is 4.79 Å². The van der Waals surface area contributed by atoms with Crippen molar-refractivity contribution in [1.29, 1.82) is 0 Å². The molecule has 0 aliphatic carbocycles. The summed E-state index contributed by atoms with van der Waals surface area (Å²) in [4.78, 5) is 20.1. The smallest absolute Gasteiger partial charge is 1.00 e. The summed E-state index contributed by atoms with van der Waals surface area (Å²) in [6.07, 6.45) is 3.47. The van der Waals surface area contributed by atoms with Gasteiger partial charge in [0.1, 0.15) is 11.2 Å². The van der Waals surface area contributed by atoms with Gasteiger partial charge in [0.2, 0.25) is 0 Å². The van der Waals surface area contributed by atoms with Gasteiger partial charge in [0, 0.05) is 25.7 Å². The van der Waals surface area contributed by atoms with E-state index in [2.05, 4.69) is 22.3 Å². The molecule has 0 amide bonds. The van der Waals surface area contributed by atoms with Crippen LogP contribution in [0, 0.1) is 5.92 Å². The van der Waals surface area contributed by atoms with Crippen molar-refractivity contribution in [2.24, 2.45) is 5.92 Å². The van der Waals surface area contributed by atoms with Crippen LogP contribution in [0.2, 0.25) is 0 Å². The van der Waals surface area contributed by atoms with E-state index in [9.17, 15) is 4.79 Å². The molecule has 0 aromatic carbocycles. The topological polar surface area (TPSA) is 84.8 Å². The number of halogens is 1. The van der Waals surface area contributed by atoms with Crippen LogP contribution < -0.4 is 23.3 Å². The minimum atomic E-state index is -0.0857. The first-order valence-corrected chi connectivity index (χ1v) is 8.00. The maximum absolute atomic E-state index is 12.4. The molecule has 8 heteroatoms. The van der Waals surface area contributed by atoms with Crippen LogP contribution in [-0.4, -0.2) is 46.1 Å². The largest absolute Gasteiger partial charge is 1.00 e. The molecule has 23 heavy (non-hydrogen) atoms. The average molecular weight is 340 g/mol. The minimum absolute atomic E-state index is 0. The third kappa shape index (κ3) is 2.88. The summed E-state index contributed by atoms with van der Waals surface area (Å²) >= 11 is 0. The number of aromatic amines is 1. The molecule has 7 nitrogen and oxygen atoms in total. The second-order valence-corrected chi connectivity index (χ2v) is 6.36. The fraction of sp³-hybridized carbons (Fsp3) is 0.667. The Bertz CT molecular complexity index is 743. The third-order valence-corrected chi connectivity index (χ3v) is 4.89. The van der Waals surface area contributed by atoms with E-state index in [1.165, 1.54) is 0 Å². The van der Waals surface area contributed by atoms with E-state index in [4.69, 9.17) is 9.72 Å². The Labute approximate surface area is 141 Å². The van der Waals surface area contributed by atoms with Gasteiger partial charge in [0.05, 0.1) is 12.2 Å². The van der Waals surface area contributed by atoms with E-state index in [0.29, 0.717) is 17.0 Å². The van der Waals surface area contributed by atoms with Gasteiger partial charge in [-0.2, -0.15) is 5.10 Å². The van der Waals surface area contributed by atoms with Crippen LogP contribution in [-0.2, 0) is 4.74 Å². The standard InChI is InChI=1S/C15H21N5O2.ClH/c1-9-6-16-7-11(9)13-18-14-12(15(21)19-13)8-17-20(14)10-2-4-22-5-3-10;/h8-11,16H,2-7H2,1H3,(H,18,19,21);1H/t9-,11-;/m1./s1. The van der Waals surface area contributed by atoms with Crippen molar-refractivity contribution >= 4 is 11.0 Å². The van der Waals surface area contributed by atoms with E-state index >= 15 is 0 Å². The Balaban J connectivity index is 0.00000104. The van der Waals surface area contributed by atoms with E-state index in [-0.39, 0.29) is 31.4 Å². The number of H-pyrrole nitrogens is 1. The van der Waals surface area contributed by atoms with Crippen LogP contribution >= 0.6 is 0 Å². The third-order valence-electron chi connectivity index (χ3n) is 4.89. The average Bonchev–Trinajstić information content (AvgIpc) is 3.14. The minimum Gasteiger partial charge on any atom is -1.00 e. The molecule has 126 valence electrons. The summed E-state index contributed by atoms with van der Waals surface area (Å²) in [6.45, 7) is 5.49. The Kier molecular flexibility index (Phi) is 4.70. The van der Waals surface area contributed by atoms with Crippen molar-refractivity contribution in [3.05, 3.63) is 22.4 Å². The van der Waals surface area contributed by atoms with Gasteiger partial charge in [-0.15, -0.1) is 0 Å². The molecule has 2 fully saturated rings. The normalized spacial score (nSPS) is 25.6. The van der Waals surface area contributed by atoms with Crippen molar-refractivity contribution < 1.29 is 18.6 Å². The molecule has 2 aliphatic rings. The van der Waals surface area contributed by atoms with Crippen molar-refractivity contribution in [3.8, 4) is 0 Å². The van der Waals surface area contributed by atoms with Crippen molar-refractivity contribution in [2.75, 3.05) is 26.3 Å². The highest BCUT2D eigenvalue weighted by molar-refractivity contribution is 5.73. The van der Waals surface area contributed by atoms with Crippen molar-refractivity contribution in [1.82, 2.24) is 25.1 Å². The lowest BCUT2D eigenvalue weighted by Gasteiger charge is -2.23. The molecule has 0 spiro atoms.